The lowest BCUT2D eigenvalue weighted by molar-refractivity contribution is -0.0715. The molecular weight excluding hydrogens is 295 g/mol. The number of morpholine rings is 1. The van der Waals surface area contributed by atoms with E-state index in [0.717, 1.165) is 39.0 Å². The molecule has 0 radical (unpaired) electrons. The van der Waals surface area contributed by atoms with Gasteiger partial charge in [-0.05, 0) is 51.0 Å². The third kappa shape index (κ3) is 3.90. The zero-order valence-electron chi connectivity index (χ0n) is 13.9. The number of amides is 1. The summed E-state index contributed by atoms with van der Waals surface area (Å²) in [7, 11) is 0. The van der Waals surface area contributed by atoms with Crippen LogP contribution in [0.25, 0.3) is 0 Å². The average Bonchev–Trinajstić information content (AvgIpc) is 2.94. The highest BCUT2D eigenvalue weighted by molar-refractivity contribution is 5.94. The van der Waals surface area contributed by atoms with Gasteiger partial charge in [-0.15, -0.1) is 0 Å². The van der Waals surface area contributed by atoms with Crippen molar-refractivity contribution in [3.63, 3.8) is 0 Å². The van der Waals surface area contributed by atoms with Crippen LogP contribution in [0.5, 0.6) is 0 Å². The highest BCUT2D eigenvalue weighted by Gasteiger charge is 2.32. The summed E-state index contributed by atoms with van der Waals surface area (Å²) >= 11 is 0. The average molecular weight is 320 g/mol. The minimum atomic E-state index is -0.309. The minimum absolute atomic E-state index is 0.0156. The van der Waals surface area contributed by atoms with Crippen molar-refractivity contribution < 1.29 is 13.9 Å². The second-order valence-electron chi connectivity index (χ2n) is 6.78. The number of likely N-dealkylation sites (tertiary alicyclic amines) is 1. The van der Waals surface area contributed by atoms with Crippen molar-refractivity contribution >= 4 is 5.91 Å². The molecule has 0 N–H and O–H groups in total. The first-order valence-electron chi connectivity index (χ1n) is 8.47. The van der Waals surface area contributed by atoms with E-state index in [1.807, 2.05) is 4.90 Å². The number of hydrogen-bond donors (Lipinski definition) is 0. The summed E-state index contributed by atoms with van der Waals surface area (Å²) in [4.78, 5) is 17.1. The number of rotatable bonds is 3. The number of nitrogens with zero attached hydrogens (tertiary/aromatic N) is 2. The Bertz CT molecular complexity index is 538. The maximum absolute atomic E-state index is 13.0. The van der Waals surface area contributed by atoms with E-state index in [4.69, 9.17) is 4.74 Å². The van der Waals surface area contributed by atoms with Gasteiger partial charge >= 0.3 is 0 Å². The summed E-state index contributed by atoms with van der Waals surface area (Å²) in [6, 6.07) is 6.09. The van der Waals surface area contributed by atoms with E-state index < -0.39 is 0 Å². The van der Waals surface area contributed by atoms with Crippen molar-refractivity contribution in [2.24, 2.45) is 0 Å². The van der Waals surface area contributed by atoms with E-state index in [9.17, 15) is 9.18 Å². The Hall–Kier alpha value is -1.46. The number of halogens is 1. The topological polar surface area (TPSA) is 32.8 Å². The predicted molar refractivity (Wildman–Crippen MR) is 86.9 cm³/mol. The van der Waals surface area contributed by atoms with Crippen LogP contribution in [0.1, 0.15) is 37.0 Å². The van der Waals surface area contributed by atoms with Gasteiger partial charge in [0.25, 0.3) is 5.91 Å². The number of carbonyl (C=O) groups is 1. The van der Waals surface area contributed by atoms with E-state index in [1.165, 1.54) is 12.1 Å². The van der Waals surface area contributed by atoms with Crippen LogP contribution in [0, 0.1) is 5.82 Å². The number of hydrogen-bond acceptors (Lipinski definition) is 3. The highest BCUT2D eigenvalue weighted by atomic mass is 19.1. The molecule has 23 heavy (non-hydrogen) atoms. The molecule has 0 saturated carbocycles. The predicted octanol–water partition coefficient (Wildman–Crippen LogP) is 2.54. The van der Waals surface area contributed by atoms with Crippen LogP contribution in [0.4, 0.5) is 4.39 Å². The zero-order valence-corrected chi connectivity index (χ0v) is 13.9. The Labute approximate surface area is 137 Å². The smallest absolute Gasteiger partial charge is 0.254 e. The van der Waals surface area contributed by atoms with Crippen LogP contribution in [0.3, 0.4) is 0 Å². The normalized spacial score (nSPS) is 29.0. The van der Waals surface area contributed by atoms with E-state index in [1.54, 1.807) is 12.1 Å². The van der Waals surface area contributed by atoms with Gasteiger partial charge in [-0.25, -0.2) is 4.39 Å². The van der Waals surface area contributed by atoms with Crippen LogP contribution < -0.4 is 0 Å². The Balaban J connectivity index is 1.65. The summed E-state index contributed by atoms with van der Waals surface area (Å²) in [6.07, 6.45) is 2.54. The number of ether oxygens (including phenoxy) is 1. The quantitative estimate of drug-likeness (QED) is 0.858. The number of carbonyl (C=O) groups excluding carboxylic acids is 1. The fraction of sp³-hybridized carbons (Fsp3) is 0.611. The van der Waals surface area contributed by atoms with E-state index in [2.05, 4.69) is 18.7 Å². The Morgan fingerprint density at radius 1 is 1.22 bits per heavy atom. The lowest BCUT2D eigenvalue weighted by Gasteiger charge is -2.38. The summed E-state index contributed by atoms with van der Waals surface area (Å²) in [5.74, 6) is -0.294. The molecule has 0 spiro atoms. The molecule has 1 amide bonds. The molecule has 3 atom stereocenters. The molecule has 3 rings (SSSR count). The van der Waals surface area contributed by atoms with Gasteiger partial charge in [0.05, 0.1) is 12.2 Å². The zero-order chi connectivity index (χ0) is 16.4. The van der Waals surface area contributed by atoms with Gasteiger partial charge in [-0.1, -0.05) is 0 Å². The maximum Gasteiger partial charge on any atom is 0.254 e. The third-order valence-corrected chi connectivity index (χ3v) is 4.69. The molecule has 1 aromatic carbocycles. The number of benzene rings is 1. The lowest BCUT2D eigenvalue weighted by Crippen LogP contribution is -2.50. The minimum Gasteiger partial charge on any atom is -0.373 e. The molecule has 0 unspecified atom stereocenters. The molecule has 0 bridgehead atoms. The first kappa shape index (κ1) is 16.4. The molecule has 5 heteroatoms. The van der Waals surface area contributed by atoms with Crippen molar-refractivity contribution in [2.45, 2.75) is 44.9 Å². The third-order valence-electron chi connectivity index (χ3n) is 4.69. The Morgan fingerprint density at radius 2 is 1.87 bits per heavy atom. The van der Waals surface area contributed by atoms with Crippen LogP contribution in [-0.4, -0.2) is 60.1 Å². The van der Waals surface area contributed by atoms with Gasteiger partial charge in [0.1, 0.15) is 5.82 Å². The van der Waals surface area contributed by atoms with Crippen molar-refractivity contribution in [2.75, 3.05) is 26.2 Å². The molecule has 126 valence electrons. The molecule has 2 heterocycles. The first-order chi connectivity index (χ1) is 11.0. The van der Waals surface area contributed by atoms with E-state index in [0.29, 0.717) is 5.56 Å². The van der Waals surface area contributed by atoms with Crippen LogP contribution in [0.2, 0.25) is 0 Å². The molecule has 0 aromatic heterocycles. The Morgan fingerprint density at radius 3 is 2.52 bits per heavy atom. The highest BCUT2D eigenvalue weighted by Crippen LogP contribution is 2.22. The largest absolute Gasteiger partial charge is 0.373 e. The van der Waals surface area contributed by atoms with Gasteiger partial charge in [-0.2, -0.15) is 0 Å². The molecule has 2 aliphatic heterocycles. The lowest BCUT2D eigenvalue weighted by atomic mass is 10.1. The van der Waals surface area contributed by atoms with Gasteiger partial charge in [-0.3, -0.25) is 9.69 Å². The van der Waals surface area contributed by atoms with Crippen LogP contribution in [-0.2, 0) is 4.74 Å². The molecule has 0 aliphatic carbocycles. The van der Waals surface area contributed by atoms with Gasteiger partial charge < -0.3 is 9.64 Å². The summed E-state index contributed by atoms with van der Waals surface area (Å²) in [5, 5.41) is 0. The monoisotopic (exact) mass is 320 g/mol. The summed E-state index contributed by atoms with van der Waals surface area (Å²) < 4.78 is 18.8. The van der Waals surface area contributed by atoms with Crippen LogP contribution in [0.15, 0.2) is 24.3 Å². The molecule has 1 aromatic rings. The van der Waals surface area contributed by atoms with E-state index >= 15 is 0 Å². The van der Waals surface area contributed by atoms with Crippen molar-refractivity contribution in [1.29, 1.82) is 0 Å². The van der Waals surface area contributed by atoms with Gasteiger partial charge in [0.2, 0.25) is 0 Å². The summed E-state index contributed by atoms with van der Waals surface area (Å²) in [5.41, 5.74) is 0.571. The van der Waals surface area contributed by atoms with Gasteiger partial charge in [0, 0.05) is 37.8 Å². The molecule has 2 aliphatic rings. The fourth-order valence-electron chi connectivity index (χ4n) is 3.78. The fourth-order valence-corrected chi connectivity index (χ4v) is 3.78. The molecular formula is C18H25FN2O2. The van der Waals surface area contributed by atoms with Crippen molar-refractivity contribution in [3.8, 4) is 0 Å². The van der Waals surface area contributed by atoms with Crippen molar-refractivity contribution in [3.05, 3.63) is 35.6 Å². The molecule has 4 nitrogen and oxygen atoms in total. The van der Waals surface area contributed by atoms with Gasteiger partial charge in [0.15, 0.2) is 0 Å². The second kappa shape index (κ2) is 6.97. The molecule has 2 fully saturated rings. The molecule has 2 saturated heterocycles. The second-order valence-corrected chi connectivity index (χ2v) is 6.78. The van der Waals surface area contributed by atoms with Crippen LogP contribution >= 0.6 is 0 Å². The van der Waals surface area contributed by atoms with Crippen molar-refractivity contribution in [1.82, 2.24) is 9.80 Å². The maximum atomic E-state index is 13.0. The van der Waals surface area contributed by atoms with E-state index in [-0.39, 0.29) is 30.0 Å². The standard InChI is InChI=1S/C18H25FN2O2/c1-13-10-20(11-14(2)23-13)12-17-4-3-9-21(17)18(22)15-5-7-16(19)8-6-15/h5-8,13-14,17H,3-4,9-12H2,1-2H3/t13-,14+,17-/m0/s1. The Kier molecular flexibility index (Phi) is 4.97. The summed E-state index contributed by atoms with van der Waals surface area (Å²) in [6.45, 7) is 7.71. The SMILES string of the molecule is C[C@@H]1CN(C[C@@H]2CCCN2C(=O)c2ccc(F)cc2)C[C@H](C)O1. The first-order valence-corrected chi connectivity index (χ1v) is 8.47.